The highest BCUT2D eigenvalue weighted by Gasteiger charge is 2.19. The van der Waals surface area contributed by atoms with Crippen LogP contribution < -0.4 is 0 Å². The van der Waals surface area contributed by atoms with E-state index in [4.69, 9.17) is 4.52 Å². The average Bonchev–Trinajstić information content (AvgIpc) is 3.03. The maximum absolute atomic E-state index is 5.39. The molecule has 0 bridgehead atoms. The van der Waals surface area contributed by atoms with Crippen LogP contribution in [-0.4, -0.2) is 33.7 Å². The summed E-state index contributed by atoms with van der Waals surface area (Å²) in [6, 6.07) is 8.32. The first-order chi connectivity index (χ1) is 9.58. The molecule has 3 aromatic rings. The number of benzene rings is 1. The number of aromatic nitrogens is 3. The van der Waals surface area contributed by atoms with Crippen LogP contribution in [0, 0.1) is 0 Å². The van der Waals surface area contributed by atoms with Gasteiger partial charge in [0.25, 0.3) is 0 Å². The molecule has 0 N–H and O–H groups in total. The number of hydrogen-bond donors (Lipinski definition) is 0. The molecule has 0 aliphatic rings. The van der Waals surface area contributed by atoms with Crippen molar-refractivity contribution in [2.24, 2.45) is 7.05 Å². The summed E-state index contributed by atoms with van der Waals surface area (Å²) in [7, 11) is 6.01. The molecule has 5 heteroatoms. The Morgan fingerprint density at radius 3 is 2.75 bits per heavy atom. The van der Waals surface area contributed by atoms with Crippen molar-refractivity contribution in [2.75, 3.05) is 14.1 Å². The van der Waals surface area contributed by atoms with Gasteiger partial charge in [-0.15, -0.1) is 0 Å². The summed E-state index contributed by atoms with van der Waals surface area (Å²) >= 11 is 0. The molecule has 3 rings (SSSR count). The van der Waals surface area contributed by atoms with Gasteiger partial charge in [0.05, 0.1) is 6.04 Å². The molecule has 2 aromatic heterocycles. The zero-order chi connectivity index (χ0) is 14.3. The summed E-state index contributed by atoms with van der Waals surface area (Å²) in [5.74, 6) is 1.28. The molecule has 0 amide bonds. The van der Waals surface area contributed by atoms with Crippen LogP contribution in [0.1, 0.15) is 18.9 Å². The Morgan fingerprint density at radius 1 is 1.25 bits per heavy atom. The number of rotatable bonds is 3. The van der Waals surface area contributed by atoms with E-state index in [1.807, 2.05) is 51.3 Å². The molecule has 0 saturated heterocycles. The van der Waals surface area contributed by atoms with E-state index in [2.05, 4.69) is 26.8 Å². The monoisotopic (exact) mass is 270 g/mol. The lowest BCUT2D eigenvalue weighted by atomic mass is 10.2. The zero-order valence-corrected chi connectivity index (χ0v) is 12.2. The second-order valence-electron chi connectivity index (χ2n) is 5.27. The van der Waals surface area contributed by atoms with E-state index in [0.29, 0.717) is 11.7 Å². The van der Waals surface area contributed by atoms with Crippen LogP contribution in [-0.2, 0) is 7.05 Å². The predicted octanol–water partition coefficient (Wildman–Crippen LogP) is 2.85. The highest BCUT2D eigenvalue weighted by atomic mass is 16.5. The van der Waals surface area contributed by atoms with Crippen LogP contribution in [0.3, 0.4) is 0 Å². The van der Waals surface area contributed by atoms with E-state index < -0.39 is 0 Å². The van der Waals surface area contributed by atoms with E-state index in [9.17, 15) is 0 Å². The Balaban J connectivity index is 2.08. The van der Waals surface area contributed by atoms with Crippen molar-refractivity contribution in [1.29, 1.82) is 0 Å². The Labute approximate surface area is 117 Å². The van der Waals surface area contributed by atoms with Crippen molar-refractivity contribution in [2.45, 2.75) is 13.0 Å². The molecule has 1 aromatic carbocycles. The summed E-state index contributed by atoms with van der Waals surface area (Å²) < 4.78 is 7.47. The Kier molecular flexibility index (Phi) is 3.06. The second-order valence-corrected chi connectivity index (χ2v) is 5.27. The van der Waals surface area contributed by atoms with E-state index >= 15 is 0 Å². The van der Waals surface area contributed by atoms with Crippen LogP contribution in [0.2, 0.25) is 0 Å². The largest absolute Gasteiger partial charge is 0.350 e. The summed E-state index contributed by atoms with van der Waals surface area (Å²) in [5.41, 5.74) is 2.17. The van der Waals surface area contributed by atoms with Crippen molar-refractivity contribution in [3.63, 3.8) is 0 Å². The van der Waals surface area contributed by atoms with Gasteiger partial charge in [-0.3, -0.25) is 4.90 Å². The highest BCUT2D eigenvalue weighted by Crippen LogP contribution is 2.29. The highest BCUT2D eigenvalue weighted by molar-refractivity contribution is 5.94. The van der Waals surface area contributed by atoms with E-state index in [1.54, 1.807) is 0 Å². The topological polar surface area (TPSA) is 47.1 Å². The van der Waals surface area contributed by atoms with Gasteiger partial charge in [0.2, 0.25) is 11.7 Å². The zero-order valence-electron chi connectivity index (χ0n) is 12.2. The first-order valence-corrected chi connectivity index (χ1v) is 6.62. The number of fused-ring (bicyclic) bond motifs is 1. The molecule has 0 aliphatic heterocycles. The van der Waals surface area contributed by atoms with Gasteiger partial charge < -0.3 is 9.09 Å². The Bertz CT molecular complexity index is 741. The fourth-order valence-corrected chi connectivity index (χ4v) is 2.26. The molecule has 0 fully saturated rings. The maximum atomic E-state index is 5.39. The lowest BCUT2D eigenvalue weighted by Gasteiger charge is -2.14. The maximum Gasteiger partial charge on any atom is 0.244 e. The quantitative estimate of drug-likeness (QED) is 0.734. The molecule has 0 spiro atoms. The summed E-state index contributed by atoms with van der Waals surface area (Å²) in [6.45, 7) is 2.04. The third kappa shape index (κ3) is 2.00. The van der Waals surface area contributed by atoms with Crippen LogP contribution in [0.25, 0.3) is 22.3 Å². The van der Waals surface area contributed by atoms with Crippen molar-refractivity contribution >= 4 is 10.9 Å². The molecular weight excluding hydrogens is 252 g/mol. The SMILES string of the molecule is CC(c1nc(-c2cn(C)c3ccccc23)no1)N(C)C. The van der Waals surface area contributed by atoms with Crippen molar-refractivity contribution in [3.8, 4) is 11.4 Å². The molecular formula is C15H18N4O. The van der Waals surface area contributed by atoms with E-state index in [0.717, 1.165) is 16.5 Å². The third-order valence-electron chi connectivity index (χ3n) is 3.71. The van der Waals surface area contributed by atoms with Crippen molar-refractivity contribution in [3.05, 3.63) is 36.4 Å². The number of aryl methyl sites for hydroxylation is 1. The first kappa shape index (κ1) is 12.9. The lowest BCUT2D eigenvalue weighted by molar-refractivity contribution is 0.245. The van der Waals surface area contributed by atoms with Crippen LogP contribution in [0.5, 0.6) is 0 Å². The van der Waals surface area contributed by atoms with E-state index in [1.165, 1.54) is 0 Å². The average molecular weight is 270 g/mol. The van der Waals surface area contributed by atoms with Gasteiger partial charge in [-0.2, -0.15) is 4.98 Å². The number of hydrogen-bond acceptors (Lipinski definition) is 4. The van der Waals surface area contributed by atoms with Gasteiger partial charge in [-0.1, -0.05) is 23.4 Å². The molecule has 0 saturated carbocycles. The van der Waals surface area contributed by atoms with Crippen LogP contribution in [0.4, 0.5) is 0 Å². The van der Waals surface area contributed by atoms with Crippen LogP contribution in [0.15, 0.2) is 35.0 Å². The van der Waals surface area contributed by atoms with Crippen molar-refractivity contribution in [1.82, 2.24) is 19.6 Å². The molecule has 2 heterocycles. The molecule has 0 radical (unpaired) electrons. The Hall–Kier alpha value is -2.14. The first-order valence-electron chi connectivity index (χ1n) is 6.62. The van der Waals surface area contributed by atoms with Gasteiger partial charge in [0.1, 0.15) is 0 Å². The second kappa shape index (κ2) is 4.76. The van der Waals surface area contributed by atoms with Gasteiger partial charge in [0.15, 0.2) is 0 Å². The fraction of sp³-hybridized carbons (Fsp3) is 0.333. The summed E-state index contributed by atoms with van der Waals surface area (Å²) in [4.78, 5) is 6.57. The molecule has 0 aliphatic carbocycles. The van der Waals surface area contributed by atoms with Gasteiger partial charge >= 0.3 is 0 Å². The van der Waals surface area contributed by atoms with Gasteiger partial charge in [-0.25, -0.2) is 0 Å². The predicted molar refractivity (Wildman–Crippen MR) is 78.3 cm³/mol. The lowest BCUT2D eigenvalue weighted by Crippen LogP contribution is -2.16. The molecule has 104 valence electrons. The number of para-hydroxylation sites is 1. The summed E-state index contributed by atoms with van der Waals surface area (Å²) in [6.07, 6.45) is 2.04. The standard InChI is InChI=1S/C15H18N4O/c1-10(18(2)3)15-16-14(17-20-15)12-9-19(4)13-8-6-5-7-11(12)13/h5-10H,1-4H3. The molecule has 1 unspecified atom stereocenters. The summed E-state index contributed by atoms with van der Waals surface area (Å²) in [5, 5.41) is 5.27. The Morgan fingerprint density at radius 2 is 2.00 bits per heavy atom. The minimum absolute atomic E-state index is 0.103. The molecule has 20 heavy (non-hydrogen) atoms. The van der Waals surface area contributed by atoms with Crippen molar-refractivity contribution < 1.29 is 4.52 Å². The fourth-order valence-electron chi connectivity index (χ4n) is 2.26. The normalized spacial score (nSPS) is 13.2. The third-order valence-corrected chi connectivity index (χ3v) is 3.71. The van der Waals surface area contributed by atoms with Crippen LogP contribution >= 0.6 is 0 Å². The minimum atomic E-state index is 0.103. The van der Waals surface area contributed by atoms with Gasteiger partial charge in [0, 0.05) is 29.7 Å². The molecule has 1 atom stereocenters. The smallest absolute Gasteiger partial charge is 0.244 e. The molecule has 5 nitrogen and oxygen atoms in total. The number of nitrogens with zero attached hydrogens (tertiary/aromatic N) is 4. The minimum Gasteiger partial charge on any atom is -0.350 e. The van der Waals surface area contributed by atoms with E-state index in [-0.39, 0.29) is 6.04 Å². The van der Waals surface area contributed by atoms with Gasteiger partial charge in [-0.05, 0) is 27.1 Å².